The average molecular weight is 571 g/mol. The third kappa shape index (κ3) is 4.08. The van der Waals surface area contributed by atoms with E-state index in [0.717, 1.165) is 32.1 Å². The van der Waals surface area contributed by atoms with Gasteiger partial charge in [0.15, 0.2) is 0 Å². The number of aromatic nitrogens is 2. The molecule has 4 aliphatic rings. The molecule has 1 atom stereocenters. The molecule has 0 N–H and O–H groups in total. The molecule has 4 aliphatic carbocycles. The quantitative estimate of drug-likeness (QED) is 0.203. The van der Waals surface area contributed by atoms with Crippen molar-refractivity contribution in [3.63, 3.8) is 0 Å². The molecule has 0 radical (unpaired) electrons. The highest BCUT2D eigenvalue weighted by Gasteiger charge is 2.27. The van der Waals surface area contributed by atoms with Crippen molar-refractivity contribution >= 4 is 50.1 Å². The van der Waals surface area contributed by atoms with Crippen LogP contribution in [0.15, 0.2) is 120 Å². The van der Waals surface area contributed by atoms with Crippen LogP contribution in [0.25, 0.3) is 50.1 Å². The second kappa shape index (κ2) is 10.6. The first kappa shape index (κ1) is 25.9. The first-order chi connectivity index (χ1) is 21.8. The van der Waals surface area contributed by atoms with Crippen molar-refractivity contribution < 1.29 is 0 Å². The molecule has 5 aromatic rings. The molecule has 0 aliphatic heterocycles. The van der Waals surface area contributed by atoms with Gasteiger partial charge in [-0.1, -0.05) is 91.1 Å². The number of allylic oxidation sites excluding steroid dienone is 11. The lowest BCUT2D eigenvalue weighted by atomic mass is 9.88. The fourth-order valence-corrected chi connectivity index (χ4v) is 8.34. The van der Waals surface area contributed by atoms with Crippen molar-refractivity contribution in [3.8, 4) is 0 Å². The average Bonchev–Trinajstić information content (AvgIpc) is 3.62. The normalized spacial score (nSPS) is 20.0. The summed E-state index contributed by atoms with van der Waals surface area (Å²) in [6, 6.07) is 25.0. The van der Waals surface area contributed by atoms with E-state index < -0.39 is 0 Å². The van der Waals surface area contributed by atoms with Crippen molar-refractivity contribution in [2.75, 3.05) is 0 Å². The zero-order valence-corrected chi connectivity index (χ0v) is 25.3. The van der Waals surface area contributed by atoms with Crippen LogP contribution in [-0.2, 0) is 6.42 Å². The van der Waals surface area contributed by atoms with Crippen LogP contribution in [0.4, 0.5) is 0 Å². The maximum atomic E-state index is 2.67. The molecule has 3 aromatic carbocycles. The monoisotopic (exact) mass is 570 g/mol. The SMILES string of the molecule is C1=Cc2c(n(C3C=CC(c4ccccc4)=CC3)c3ccc4c(c5ccccc5n4C4=CC=C(C5=CCCCC5)CC4)c23)CC1. The van der Waals surface area contributed by atoms with E-state index in [2.05, 4.69) is 124 Å². The Bertz CT molecular complexity index is 2130. The lowest BCUT2D eigenvalue weighted by molar-refractivity contribution is 0.600. The van der Waals surface area contributed by atoms with Gasteiger partial charge in [-0.05, 0) is 104 Å². The number of fused-ring (bicyclic) bond motifs is 7. The molecule has 0 spiro atoms. The van der Waals surface area contributed by atoms with Crippen LogP contribution in [0, 0.1) is 0 Å². The van der Waals surface area contributed by atoms with Gasteiger partial charge in [-0.3, -0.25) is 0 Å². The largest absolute Gasteiger partial charge is 0.337 e. The minimum Gasteiger partial charge on any atom is -0.337 e. The Kier molecular flexibility index (Phi) is 6.21. The Hall–Kier alpha value is -4.56. The van der Waals surface area contributed by atoms with Gasteiger partial charge in [0, 0.05) is 33.1 Å². The number of hydrogen-bond donors (Lipinski definition) is 0. The predicted molar refractivity (Wildman–Crippen MR) is 188 cm³/mol. The molecule has 1 unspecified atom stereocenters. The van der Waals surface area contributed by atoms with Crippen molar-refractivity contribution in [1.82, 2.24) is 9.13 Å². The first-order valence-corrected chi connectivity index (χ1v) is 16.6. The summed E-state index contributed by atoms with van der Waals surface area (Å²) in [7, 11) is 0. The standard InChI is InChI=1S/C42H38N2/c1-3-11-29(12-4-1)31-19-23-33(24-20-31)43-37-17-9-7-15-35(37)41-39(43)27-28-40-42(41)36-16-8-10-18-38(36)44(40)34-25-21-32(22-26-34)30-13-5-2-6-14-30/h1,3-4,7-8,10-13,15-16,18-21,23,25,27-28,33H,2,5-6,9,14,17,22,24,26H2. The lowest BCUT2D eigenvalue weighted by Crippen LogP contribution is -2.12. The topological polar surface area (TPSA) is 9.86 Å². The van der Waals surface area contributed by atoms with Gasteiger partial charge >= 0.3 is 0 Å². The third-order valence-corrected chi connectivity index (χ3v) is 10.4. The van der Waals surface area contributed by atoms with Crippen LogP contribution < -0.4 is 0 Å². The highest BCUT2D eigenvalue weighted by molar-refractivity contribution is 6.23. The molecule has 0 fully saturated rings. The third-order valence-electron chi connectivity index (χ3n) is 10.4. The lowest BCUT2D eigenvalue weighted by Gasteiger charge is -2.23. The smallest absolute Gasteiger partial charge is 0.0557 e. The van der Waals surface area contributed by atoms with Gasteiger partial charge in [0.05, 0.1) is 22.6 Å². The maximum absolute atomic E-state index is 2.67. The number of hydrogen-bond acceptors (Lipinski definition) is 0. The van der Waals surface area contributed by atoms with Crippen LogP contribution in [0.2, 0.25) is 0 Å². The summed E-state index contributed by atoms with van der Waals surface area (Å²) in [5.74, 6) is 0. The molecule has 44 heavy (non-hydrogen) atoms. The first-order valence-electron chi connectivity index (χ1n) is 16.6. The minimum absolute atomic E-state index is 0.324. The van der Waals surface area contributed by atoms with Gasteiger partial charge in [0.25, 0.3) is 0 Å². The molecule has 9 rings (SSSR count). The number of benzene rings is 3. The van der Waals surface area contributed by atoms with Crippen molar-refractivity contribution in [3.05, 3.63) is 137 Å². The fraction of sp³-hybridized carbons (Fsp3) is 0.238. The summed E-state index contributed by atoms with van der Waals surface area (Å²) in [5, 5.41) is 4.20. The van der Waals surface area contributed by atoms with Crippen molar-refractivity contribution in [2.24, 2.45) is 0 Å². The Labute approximate surface area is 259 Å². The Morgan fingerprint density at radius 2 is 1.52 bits per heavy atom. The number of nitrogens with zero attached hydrogens (tertiary/aromatic N) is 2. The summed E-state index contributed by atoms with van der Waals surface area (Å²) in [5.41, 5.74) is 14.1. The summed E-state index contributed by atoms with van der Waals surface area (Å²) >= 11 is 0. The molecular weight excluding hydrogens is 532 g/mol. The second-order valence-electron chi connectivity index (χ2n) is 12.9. The zero-order chi connectivity index (χ0) is 29.0. The van der Waals surface area contributed by atoms with E-state index in [1.165, 1.54) is 86.5 Å². The number of rotatable bonds is 4. The van der Waals surface area contributed by atoms with Crippen LogP contribution in [0.5, 0.6) is 0 Å². The molecule has 0 saturated carbocycles. The molecule has 216 valence electrons. The van der Waals surface area contributed by atoms with Gasteiger partial charge < -0.3 is 9.13 Å². The van der Waals surface area contributed by atoms with E-state index in [0.29, 0.717) is 6.04 Å². The fourth-order valence-electron chi connectivity index (χ4n) is 8.34. The van der Waals surface area contributed by atoms with Crippen LogP contribution >= 0.6 is 0 Å². The van der Waals surface area contributed by atoms with Gasteiger partial charge in [-0.25, -0.2) is 0 Å². The Morgan fingerprint density at radius 3 is 2.34 bits per heavy atom. The molecule has 0 amide bonds. The van der Waals surface area contributed by atoms with E-state index in [4.69, 9.17) is 0 Å². The van der Waals surface area contributed by atoms with Crippen LogP contribution in [0.1, 0.15) is 74.2 Å². The van der Waals surface area contributed by atoms with Crippen molar-refractivity contribution in [1.29, 1.82) is 0 Å². The summed E-state index contributed by atoms with van der Waals surface area (Å²) < 4.78 is 5.24. The minimum atomic E-state index is 0.324. The van der Waals surface area contributed by atoms with Gasteiger partial charge in [-0.2, -0.15) is 0 Å². The predicted octanol–water partition coefficient (Wildman–Crippen LogP) is 11.4. The number of para-hydroxylation sites is 1. The summed E-state index contributed by atoms with van der Waals surface area (Å²) in [6.45, 7) is 0. The van der Waals surface area contributed by atoms with E-state index in [1.54, 1.807) is 11.1 Å². The van der Waals surface area contributed by atoms with Gasteiger partial charge in [0.2, 0.25) is 0 Å². The summed E-state index contributed by atoms with van der Waals surface area (Å²) in [4.78, 5) is 0. The van der Waals surface area contributed by atoms with E-state index >= 15 is 0 Å². The highest BCUT2D eigenvalue weighted by atomic mass is 15.0. The van der Waals surface area contributed by atoms with Crippen LogP contribution in [-0.4, -0.2) is 9.13 Å². The summed E-state index contributed by atoms with van der Waals surface area (Å²) in [6.07, 6.45) is 29.9. The van der Waals surface area contributed by atoms with Gasteiger partial charge in [-0.15, -0.1) is 0 Å². The Balaban J connectivity index is 1.21. The van der Waals surface area contributed by atoms with Crippen molar-refractivity contribution in [2.45, 2.75) is 63.8 Å². The van der Waals surface area contributed by atoms with E-state index in [9.17, 15) is 0 Å². The Morgan fingerprint density at radius 1 is 0.636 bits per heavy atom. The molecule has 0 saturated heterocycles. The molecular formula is C42H38N2. The molecule has 2 aromatic heterocycles. The van der Waals surface area contributed by atoms with E-state index in [1.807, 2.05) is 0 Å². The van der Waals surface area contributed by atoms with Crippen LogP contribution in [0.3, 0.4) is 0 Å². The molecule has 2 heterocycles. The molecule has 2 nitrogen and oxygen atoms in total. The molecule has 0 bridgehead atoms. The highest BCUT2D eigenvalue weighted by Crippen LogP contribution is 2.45. The molecule has 2 heteroatoms. The second-order valence-corrected chi connectivity index (χ2v) is 12.9. The van der Waals surface area contributed by atoms with E-state index in [-0.39, 0.29) is 0 Å². The van der Waals surface area contributed by atoms with Gasteiger partial charge in [0.1, 0.15) is 0 Å². The zero-order valence-electron chi connectivity index (χ0n) is 25.3. The maximum Gasteiger partial charge on any atom is 0.0557 e.